The van der Waals surface area contributed by atoms with Crippen LogP contribution in [0.1, 0.15) is 81.2 Å². The Morgan fingerprint density at radius 2 is 0.939 bits per heavy atom. The highest BCUT2D eigenvalue weighted by Crippen LogP contribution is 2.48. The van der Waals surface area contributed by atoms with E-state index in [2.05, 4.69) is 23.7 Å². The molecule has 0 saturated heterocycles. The first-order chi connectivity index (χ1) is 23.9. The zero-order valence-electron chi connectivity index (χ0n) is 28.8. The smallest absolute Gasteiger partial charge is 0.135 e. The van der Waals surface area contributed by atoms with Gasteiger partial charge in [-0.05, 0) is 67.6 Å². The predicted molar refractivity (Wildman–Crippen MR) is 196 cm³/mol. The summed E-state index contributed by atoms with van der Waals surface area (Å²) in [5, 5.41) is 21.7. The van der Waals surface area contributed by atoms with Crippen LogP contribution in [-0.2, 0) is 6.61 Å². The molecule has 0 heterocycles. The fourth-order valence-electron chi connectivity index (χ4n) is 5.05. The molecule has 0 aliphatic rings. The van der Waals surface area contributed by atoms with Gasteiger partial charge < -0.3 is 29.2 Å². The van der Waals surface area contributed by atoms with Crippen molar-refractivity contribution in [3.05, 3.63) is 88.5 Å². The van der Waals surface area contributed by atoms with E-state index >= 15 is 0 Å². The van der Waals surface area contributed by atoms with Crippen LogP contribution in [0.25, 0.3) is 22.3 Å². The third kappa shape index (κ3) is 9.11. The molecular weight excluding hydrogens is 612 g/mol. The first kappa shape index (κ1) is 36.4. The lowest BCUT2D eigenvalue weighted by Crippen LogP contribution is -2.03. The van der Waals surface area contributed by atoms with Crippen molar-refractivity contribution in [2.24, 2.45) is 0 Å². The van der Waals surface area contributed by atoms with Gasteiger partial charge in [0.05, 0.1) is 44.2 Å². The molecule has 0 atom stereocenters. The Hall–Kier alpha value is -5.48. The molecule has 4 aromatic rings. The highest BCUT2D eigenvalue weighted by atomic mass is 16.5. The number of terminal acetylenes is 2. The quantitative estimate of drug-likeness (QED) is 0.125. The largest absolute Gasteiger partial charge is 0.507 e. The summed E-state index contributed by atoms with van der Waals surface area (Å²) in [5.41, 5.74) is 5.48. The monoisotopic (exact) mass is 656 g/mol. The van der Waals surface area contributed by atoms with Crippen LogP contribution < -0.4 is 18.9 Å². The van der Waals surface area contributed by atoms with Crippen molar-refractivity contribution in [1.29, 1.82) is 0 Å². The lowest BCUT2D eigenvalue weighted by molar-refractivity contribution is 0.282. The van der Waals surface area contributed by atoms with Gasteiger partial charge in [-0.2, -0.15) is 0 Å². The number of aliphatic hydroxyl groups is 1. The number of phenols is 1. The predicted octanol–water partition coefficient (Wildman–Crippen LogP) is 8.74. The maximum Gasteiger partial charge on any atom is 0.135 e. The van der Waals surface area contributed by atoms with E-state index in [-0.39, 0.29) is 12.4 Å². The van der Waals surface area contributed by atoms with Crippen molar-refractivity contribution in [2.75, 3.05) is 26.4 Å². The molecule has 0 aliphatic carbocycles. The van der Waals surface area contributed by atoms with Gasteiger partial charge in [0, 0.05) is 45.5 Å². The standard InChI is InChI=1S/C43H44O6/c1-7-19-46-39-27-35(41(48-21-9-3)25-33(39)11-5)37-23-32(18-15-30-13-16-31(29-44)17-14-30)24-38(43(37)45)36-28-40(47-20-8-2)34(12-6)26-42(36)49-22-10-4/h5-6,13-14,16-17,23-28,44-45H,7-10,19-22,29H2,1-4H3. The Kier molecular flexibility index (Phi) is 13.5. The minimum atomic E-state index is -0.0475. The molecule has 0 fully saturated rings. The average Bonchev–Trinajstić information content (AvgIpc) is 3.14. The van der Waals surface area contributed by atoms with Crippen molar-refractivity contribution in [1.82, 2.24) is 0 Å². The van der Waals surface area contributed by atoms with E-state index in [1.807, 2.05) is 76.2 Å². The number of aromatic hydroxyl groups is 1. The number of rotatable bonds is 15. The Bertz CT molecular complexity index is 1780. The zero-order valence-corrected chi connectivity index (χ0v) is 28.8. The van der Waals surface area contributed by atoms with Crippen molar-refractivity contribution >= 4 is 0 Å². The molecule has 6 nitrogen and oxygen atoms in total. The van der Waals surface area contributed by atoms with Crippen molar-refractivity contribution in [3.8, 4) is 87.5 Å². The molecule has 0 unspecified atom stereocenters. The minimum absolute atomic E-state index is 0.00894. The van der Waals surface area contributed by atoms with Gasteiger partial charge >= 0.3 is 0 Å². The lowest BCUT2D eigenvalue weighted by atomic mass is 9.92. The van der Waals surface area contributed by atoms with E-state index in [0.717, 1.165) is 36.8 Å². The summed E-state index contributed by atoms with van der Waals surface area (Å²) >= 11 is 0. The number of hydrogen-bond donors (Lipinski definition) is 2. The van der Waals surface area contributed by atoms with Gasteiger partial charge in [0.1, 0.15) is 28.7 Å². The van der Waals surface area contributed by atoms with E-state index in [9.17, 15) is 10.2 Å². The molecule has 0 spiro atoms. The zero-order chi connectivity index (χ0) is 35.2. The third-order valence-electron chi connectivity index (χ3n) is 7.50. The molecule has 49 heavy (non-hydrogen) atoms. The van der Waals surface area contributed by atoms with E-state index in [1.165, 1.54) is 0 Å². The maximum absolute atomic E-state index is 12.2. The highest BCUT2D eigenvalue weighted by Gasteiger charge is 2.23. The molecule has 0 bridgehead atoms. The van der Waals surface area contributed by atoms with Gasteiger partial charge in [-0.1, -0.05) is 63.5 Å². The van der Waals surface area contributed by atoms with Crippen molar-refractivity contribution in [3.63, 3.8) is 0 Å². The number of ether oxygens (including phenoxy) is 4. The van der Waals surface area contributed by atoms with Gasteiger partial charge in [0.15, 0.2) is 0 Å². The molecule has 4 aromatic carbocycles. The summed E-state index contributed by atoms with van der Waals surface area (Å²) in [6, 6.07) is 18.3. The first-order valence-electron chi connectivity index (χ1n) is 16.8. The summed E-state index contributed by atoms with van der Waals surface area (Å²) in [6.07, 6.45) is 14.9. The average molecular weight is 657 g/mol. The van der Waals surface area contributed by atoms with Crippen LogP contribution in [0.15, 0.2) is 60.7 Å². The molecule has 0 saturated carbocycles. The fraction of sp³-hybridized carbons (Fsp3) is 0.302. The van der Waals surface area contributed by atoms with E-state index in [4.69, 9.17) is 31.8 Å². The van der Waals surface area contributed by atoms with Crippen LogP contribution in [0, 0.1) is 36.5 Å². The number of hydrogen-bond acceptors (Lipinski definition) is 6. The van der Waals surface area contributed by atoms with Crippen LogP contribution in [0.5, 0.6) is 28.7 Å². The van der Waals surface area contributed by atoms with Gasteiger partial charge in [-0.3, -0.25) is 0 Å². The summed E-state index contributed by atoms with van der Waals surface area (Å²) < 4.78 is 24.6. The Labute approximate surface area is 291 Å². The lowest BCUT2D eigenvalue weighted by Gasteiger charge is -2.20. The SMILES string of the molecule is C#Cc1cc(OCCC)c(-c2cc(C#Cc3ccc(CO)cc3)cc(-c3cc(OCCC)c(C#C)cc3OCCC)c2O)cc1OCCC. The molecule has 0 aliphatic heterocycles. The topological polar surface area (TPSA) is 77.4 Å². The summed E-state index contributed by atoms with van der Waals surface area (Å²) in [5.74, 6) is 14.0. The third-order valence-corrected chi connectivity index (χ3v) is 7.50. The van der Waals surface area contributed by atoms with Gasteiger partial charge in [0.25, 0.3) is 0 Å². The first-order valence-corrected chi connectivity index (χ1v) is 16.8. The summed E-state index contributed by atoms with van der Waals surface area (Å²) in [4.78, 5) is 0. The molecule has 0 aromatic heterocycles. The van der Waals surface area contributed by atoms with Crippen molar-refractivity contribution < 1.29 is 29.2 Å². The number of benzene rings is 4. The Morgan fingerprint density at radius 1 is 0.531 bits per heavy atom. The van der Waals surface area contributed by atoms with Gasteiger partial charge in [0.2, 0.25) is 0 Å². The molecular formula is C43H44O6. The van der Waals surface area contributed by atoms with Gasteiger partial charge in [-0.25, -0.2) is 0 Å². The van der Waals surface area contributed by atoms with E-state index < -0.39 is 0 Å². The minimum Gasteiger partial charge on any atom is -0.507 e. The molecule has 0 amide bonds. The maximum atomic E-state index is 12.2. The Morgan fingerprint density at radius 3 is 1.33 bits per heavy atom. The van der Waals surface area contributed by atoms with E-state index in [0.29, 0.717) is 88.4 Å². The van der Waals surface area contributed by atoms with Crippen LogP contribution in [0.2, 0.25) is 0 Å². The van der Waals surface area contributed by atoms with Crippen LogP contribution in [0.4, 0.5) is 0 Å². The molecule has 4 rings (SSSR count). The second-order valence-corrected chi connectivity index (χ2v) is 11.4. The highest BCUT2D eigenvalue weighted by molar-refractivity contribution is 5.89. The molecule has 6 heteroatoms. The second-order valence-electron chi connectivity index (χ2n) is 11.4. The second kappa shape index (κ2) is 18.2. The molecule has 0 radical (unpaired) electrons. The number of aliphatic hydroxyl groups excluding tert-OH is 1. The number of phenolic OH excluding ortho intramolecular Hbond substituents is 1. The summed E-state index contributed by atoms with van der Waals surface area (Å²) in [6.45, 7) is 9.89. The molecule has 252 valence electrons. The Balaban J connectivity index is 2.06. The van der Waals surface area contributed by atoms with Crippen LogP contribution in [0.3, 0.4) is 0 Å². The van der Waals surface area contributed by atoms with Crippen molar-refractivity contribution in [2.45, 2.75) is 60.0 Å². The molecule has 2 N–H and O–H groups in total. The normalized spacial score (nSPS) is 10.3. The van der Waals surface area contributed by atoms with Crippen LogP contribution in [-0.4, -0.2) is 36.6 Å². The van der Waals surface area contributed by atoms with Gasteiger partial charge in [-0.15, -0.1) is 12.8 Å². The van der Waals surface area contributed by atoms with Crippen LogP contribution >= 0.6 is 0 Å². The fourth-order valence-corrected chi connectivity index (χ4v) is 5.05. The summed E-state index contributed by atoms with van der Waals surface area (Å²) in [7, 11) is 0. The van der Waals surface area contributed by atoms with E-state index in [1.54, 1.807) is 12.1 Å².